The molecule has 0 aromatic heterocycles. The maximum atomic E-state index is 12.3. The summed E-state index contributed by atoms with van der Waals surface area (Å²) in [6, 6.07) is 9.69. The molecule has 0 aliphatic heterocycles. The van der Waals surface area contributed by atoms with Gasteiger partial charge in [-0.2, -0.15) is 13.2 Å². The summed E-state index contributed by atoms with van der Waals surface area (Å²) in [5.74, 6) is -3.35. The van der Waals surface area contributed by atoms with Crippen molar-refractivity contribution in [2.75, 3.05) is 0 Å². The lowest BCUT2D eigenvalue weighted by Gasteiger charge is -2.06. The second-order valence-electron chi connectivity index (χ2n) is 3.83. The Bertz CT molecular complexity index is 700. The lowest BCUT2D eigenvalue weighted by molar-refractivity contribution is -0.120. The van der Waals surface area contributed by atoms with Crippen LogP contribution in [0.4, 0.5) is 13.2 Å². The fraction of sp³-hybridized carbons (Fsp3) is 0.0714. The van der Waals surface area contributed by atoms with Gasteiger partial charge < -0.3 is 5.11 Å². The number of hydrogen-bond acceptors (Lipinski definition) is 2. The first-order valence-corrected chi connectivity index (χ1v) is 5.32. The Morgan fingerprint density at radius 3 is 2.47 bits per heavy atom. The molecule has 0 bridgehead atoms. The molecule has 0 atom stereocenters. The molecule has 2 nitrogen and oxygen atoms in total. The molecule has 0 fully saturated rings. The number of carbonyl (C=O) groups is 1. The van der Waals surface area contributed by atoms with E-state index >= 15 is 0 Å². The number of hydrogen-bond donors (Lipinski definition) is 1. The van der Waals surface area contributed by atoms with Crippen molar-refractivity contribution in [2.24, 2.45) is 0 Å². The van der Waals surface area contributed by atoms with E-state index in [9.17, 15) is 18.0 Å². The Balaban J connectivity index is 2.58. The van der Waals surface area contributed by atoms with Gasteiger partial charge in [-0.05, 0) is 10.8 Å². The SMILES string of the molecule is [2H]/C(C(=O)c1cccc2ccccc12)=C(/O)C(F)(F)F. The summed E-state index contributed by atoms with van der Waals surface area (Å²) in [4.78, 5) is 11.9. The van der Waals surface area contributed by atoms with Gasteiger partial charge in [-0.3, -0.25) is 4.79 Å². The maximum absolute atomic E-state index is 12.3. The molecular formula is C14H9F3O2. The zero-order valence-electron chi connectivity index (χ0n) is 10.5. The molecule has 2 aromatic carbocycles. The average molecular weight is 267 g/mol. The Kier molecular flexibility index (Phi) is 2.95. The molecular weight excluding hydrogens is 257 g/mol. The van der Waals surface area contributed by atoms with Crippen LogP contribution in [0.5, 0.6) is 0 Å². The summed E-state index contributed by atoms with van der Waals surface area (Å²) in [7, 11) is 0. The second kappa shape index (κ2) is 4.76. The number of ketones is 1. The smallest absolute Gasteiger partial charge is 0.448 e. The Morgan fingerprint density at radius 1 is 1.16 bits per heavy atom. The van der Waals surface area contributed by atoms with Gasteiger partial charge in [-0.15, -0.1) is 0 Å². The third-order valence-corrected chi connectivity index (χ3v) is 2.53. The topological polar surface area (TPSA) is 37.3 Å². The first-order valence-electron chi connectivity index (χ1n) is 5.82. The van der Waals surface area contributed by atoms with Crippen molar-refractivity contribution in [3.63, 3.8) is 0 Å². The lowest BCUT2D eigenvalue weighted by Crippen LogP contribution is -2.13. The van der Waals surface area contributed by atoms with E-state index in [2.05, 4.69) is 0 Å². The Hall–Kier alpha value is -2.30. The van der Waals surface area contributed by atoms with Crippen molar-refractivity contribution in [2.45, 2.75) is 6.18 Å². The van der Waals surface area contributed by atoms with E-state index in [0.717, 1.165) is 0 Å². The van der Waals surface area contributed by atoms with Gasteiger partial charge in [0.1, 0.15) is 0 Å². The fourth-order valence-electron chi connectivity index (χ4n) is 1.67. The standard InChI is InChI=1S/C14H9F3O2/c15-14(16,17)13(19)8-12(18)11-7-3-5-9-4-1-2-6-10(9)11/h1-8,19H/b13-8-/i8D. The molecule has 5 heteroatoms. The van der Waals surface area contributed by atoms with E-state index in [1.807, 2.05) is 0 Å². The number of benzene rings is 2. The van der Waals surface area contributed by atoms with Gasteiger partial charge in [0.15, 0.2) is 5.78 Å². The molecule has 0 saturated carbocycles. The summed E-state index contributed by atoms with van der Waals surface area (Å²) < 4.78 is 44.1. The van der Waals surface area contributed by atoms with Crippen molar-refractivity contribution in [1.82, 2.24) is 0 Å². The van der Waals surface area contributed by atoms with Gasteiger partial charge in [0.2, 0.25) is 5.76 Å². The minimum absolute atomic E-state index is 0.0519. The van der Waals surface area contributed by atoms with Gasteiger partial charge in [-0.1, -0.05) is 42.5 Å². The third kappa shape index (κ3) is 2.76. The summed E-state index contributed by atoms with van der Waals surface area (Å²) in [5, 5.41) is 10.00. The zero-order valence-corrected chi connectivity index (χ0v) is 9.53. The largest absolute Gasteiger partial charge is 0.504 e. The number of rotatable bonds is 2. The molecule has 0 heterocycles. The molecule has 0 spiro atoms. The summed E-state index contributed by atoms with van der Waals surface area (Å²) in [5.41, 5.74) is -0.0519. The van der Waals surface area contributed by atoms with E-state index in [4.69, 9.17) is 6.48 Å². The number of alkyl halides is 3. The van der Waals surface area contributed by atoms with E-state index in [0.29, 0.717) is 10.8 Å². The highest BCUT2D eigenvalue weighted by Gasteiger charge is 2.34. The Morgan fingerprint density at radius 2 is 1.79 bits per heavy atom. The van der Waals surface area contributed by atoms with Gasteiger partial charge in [-0.25, -0.2) is 0 Å². The maximum Gasteiger partial charge on any atom is 0.448 e. The van der Waals surface area contributed by atoms with Crippen molar-refractivity contribution < 1.29 is 24.4 Å². The molecule has 0 unspecified atom stereocenters. The number of carbonyl (C=O) groups excluding carboxylic acids is 1. The van der Waals surface area contributed by atoms with Crippen LogP contribution in [0.25, 0.3) is 10.8 Å². The van der Waals surface area contributed by atoms with E-state index < -0.39 is 23.8 Å². The summed E-state index contributed by atoms with van der Waals surface area (Å²) in [6.45, 7) is 0. The summed E-state index contributed by atoms with van der Waals surface area (Å²) >= 11 is 0. The number of aliphatic hydroxyl groups is 1. The molecule has 2 aromatic rings. The number of halogens is 3. The van der Waals surface area contributed by atoms with Crippen molar-refractivity contribution in [1.29, 1.82) is 0 Å². The number of allylic oxidation sites excluding steroid dienone is 2. The fourth-order valence-corrected chi connectivity index (χ4v) is 1.67. The predicted molar refractivity (Wildman–Crippen MR) is 65.0 cm³/mol. The van der Waals surface area contributed by atoms with Gasteiger partial charge in [0.05, 0.1) is 1.37 Å². The molecule has 0 aliphatic rings. The molecule has 0 saturated heterocycles. The molecule has 1 N–H and O–H groups in total. The van der Waals surface area contributed by atoms with Gasteiger partial charge in [0.25, 0.3) is 0 Å². The van der Waals surface area contributed by atoms with Crippen LogP contribution in [0.1, 0.15) is 11.7 Å². The normalized spacial score (nSPS) is 13.9. The molecule has 19 heavy (non-hydrogen) atoms. The van der Waals surface area contributed by atoms with Crippen LogP contribution in [0.3, 0.4) is 0 Å². The first-order chi connectivity index (χ1) is 9.32. The van der Waals surface area contributed by atoms with Crippen LogP contribution in [0.2, 0.25) is 0 Å². The van der Waals surface area contributed by atoms with E-state index in [-0.39, 0.29) is 5.56 Å². The van der Waals surface area contributed by atoms with Crippen LogP contribution in [0.15, 0.2) is 54.3 Å². The molecule has 2 rings (SSSR count). The zero-order chi connectivity index (χ0) is 14.9. The van der Waals surface area contributed by atoms with Crippen LogP contribution in [-0.4, -0.2) is 17.1 Å². The quantitative estimate of drug-likeness (QED) is 0.506. The van der Waals surface area contributed by atoms with Crippen molar-refractivity contribution in [3.05, 3.63) is 59.8 Å². The minimum atomic E-state index is -5.11. The molecule has 0 aliphatic carbocycles. The number of fused-ring (bicyclic) bond motifs is 1. The minimum Gasteiger partial charge on any atom is -0.504 e. The molecule has 98 valence electrons. The highest BCUT2D eigenvalue weighted by molar-refractivity contribution is 6.13. The molecule has 0 radical (unpaired) electrons. The second-order valence-corrected chi connectivity index (χ2v) is 3.83. The van der Waals surface area contributed by atoms with E-state index in [1.165, 1.54) is 12.1 Å². The van der Waals surface area contributed by atoms with Crippen LogP contribution in [0, 0.1) is 0 Å². The predicted octanol–water partition coefficient (Wildman–Crippen LogP) is 4.03. The third-order valence-electron chi connectivity index (χ3n) is 2.53. The molecule has 0 amide bonds. The van der Waals surface area contributed by atoms with Crippen LogP contribution >= 0.6 is 0 Å². The van der Waals surface area contributed by atoms with Crippen LogP contribution < -0.4 is 0 Å². The van der Waals surface area contributed by atoms with E-state index in [1.54, 1.807) is 30.3 Å². The van der Waals surface area contributed by atoms with Gasteiger partial charge >= 0.3 is 6.18 Å². The monoisotopic (exact) mass is 267 g/mol. The summed E-state index contributed by atoms with van der Waals surface area (Å²) in [6.07, 6.45) is -5.11. The lowest BCUT2D eigenvalue weighted by atomic mass is 10.0. The van der Waals surface area contributed by atoms with Crippen LogP contribution in [-0.2, 0) is 0 Å². The highest BCUT2D eigenvalue weighted by Crippen LogP contribution is 2.25. The first kappa shape index (κ1) is 11.8. The average Bonchev–Trinajstić information content (AvgIpc) is 2.43. The Labute approximate surface area is 108 Å². The van der Waals surface area contributed by atoms with Crippen molar-refractivity contribution in [3.8, 4) is 0 Å². The van der Waals surface area contributed by atoms with Crippen molar-refractivity contribution >= 4 is 16.6 Å². The van der Waals surface area contributed by atoms with Gasteiger partial charge in [0, 0.05) is 11.6 Å². The number of aliphatic hydroxyl groups excluding tert-OH is 1. The highest BCUT2D eigenvalue weighted by atomic mass is 19.4.